The van der Waals surface area contributed by atoms with Crippen LogP contribution in [0.2, 0.25) is 0 Å². The molecule has 1 aromatic carbocycles. The number of hydrogen-bond acceptors (Lipinski definition) is 3. The van der Waals surface area contributed by atoms with Gasteiger partial charge in [0.15, 0.2) is 5.96 Å². The molecule has 0 aromatic heterocycles. The van der Waals surface area contributed by atoms with E-state index in [-0.39, 0.29) is 29.9 Å². The molecule has 1 amide bonds. The number of benzene rings is 1. The summed E-state index contributed by atoms with van der Waals surface area (Å²) in [5.41, 5.74) is 1.86. The molecule has 0 radical (unpaired) electrons. The predicted molar refractivity (Wildman–Crippen MR) is 126 cm³/mol. The van der Waals surface area contributed by atoms with Crippen molar-refractivity contribution in [2.75, 3.05) is 46.1 Å². The van der Waals surface area contributed by atoms with Gasteiger partial charge in [0.1, 0.15) is 0 Å². The molecule has 0 heterocycles. The van der Waals surface area contributed by atoms with Gasteiger partial charge in [-0.05, 0) is 51.6 Å². The monoisotopic (exact) mass is 487 g/mol. The number of hydrogen-bond donors (Lipinski definition) is 2. The van der Waals surface area contributed by atoms with Crippen molar-refractivity contribution < 1.29 is 4.79 Å². The topological polar surface area (TPSA) is 60.0 Å². The molecule has 0 unspecified atom stereocenters. The van der Waals surface area contributed by atoms with E-state index in [0.717, 1.165) is 43.1 Å². The van der Waals surface area contributed by atoms with Gasteiger partial charge >= 0.3 is 0 Å². The number of nitrogens with one attached hydrogen (secondary N) is 2. The van der Waals surface area contributed by atoms with E-state index < -0.39 is 0 Å². The maximum atomic E-state index is 11.9. The van der Waals surface area contributed by atoms with Gasteiger partial charge in [-0.1, -0.05) is 18.2 Å². The second kappa shape index (κ2) is 14.4. The highest BCUT2D eigenvalue weighted by atomic mass is 127. The van der Waals surface area contributed by atoms with Gasteiger partial charge in [-0.3, -0.25) is 4.79 Å². The number of anilines is 1. The molecule has 27 heavy (non-hydrogen) atoms. The highest BCUT2D eigenvalue weighted by Crippen LogP contribution is 2.12. The Labute approximate surface area is 181 Å². The van der Waals surface area contributed by atoms with Gasteiger partial charge in [-0.15, -0.1) is 30.6 Å². The normalized spacial score (nSPS) is 10.9. The summed E-state index contributed by atoms with van der Waals surface area (Å²) in [6.07, 6.45) is 3.99. The van der Waals surface area contributed by atoms with Crippen LogP contribution < -0.4 is 10.6 Å². The zero-order chi connectivity index (χ0) is 19.4. The fourth-order valence-electron chi connectivity index (χ4n) is 2.45. The first-order chi connectivity index (χ1) is 12.5. The van der Waals surface area contributed by atoms with Crippen LogP contribution in [0.1, 0.15) is 25.3 Å². The van der Waals surface area contributed by atoms with Crippen molar-refractivity contribution in [3.8, 4) is 0 Å². The van der Waals surface area contributed by atoms with Gasteiger partial charge in [-0.25, -0.2) is 4.99 Å². The smallest absolute Gasteiger partial charge is 0.238 e. The Morgan fingerprint density at radius 3 is 2.67 bits per heavy atom. The van der Waals surface area contributed by atoms with Crippen LogP contribution in [0.25, 0.3) is 0 Å². The molecule has 0 saturated heterocycles. The van der Waals surface area contributed by atoms with Gasteiger partial charge < -0.3 is 20.4 Å². The van der Waals surface area contributed by atoms with Crippen molar-refractivity contribution in [2.24, 2.45) is 4.99 Å². The van der Waals surface area contributed by atoms with E-state index in [4.69, 9.17) is 4.99 Å². The van der Waals surface area contributed by atoms with Crippen LogP contribution in [-0.4, -0.2) is 62.4 Å². The molecule has 6 nitrogen and oxygen atoms in total. The molecule has 0 spiro atoms. The second-order valence-electron chi connectivity index (χ2n) is 6.51. The molecule has 0 saturated carbocycles. The first-order valence-corrected chi connectivity index (χ1v) is 9.10. The number of rotatable bonds is 10. The number of halogens is 1. The first-order valence-electron chi connectivity index (χ1n) is 9.10. The Bertz CT molecular complexity index is 604. The van der Waals surface area contributed by atoms with Crippen LogP contribution in [0, 0.1) is 0 Å². The van der Waals surface area contributed by atoms with Crippen LogP contribution in [0.5, 0.6) is 0 Å². The average Bonchev–Trinajstić information content (AvgIpc) is 2.58. The molecule has 0 aliphatic rings. The van der Waals surface area contributed by atoms with E-state index in [1.165, 1.54) is 0 Å². The molecule has 0 bridgehead atoms. The van der Waals surface area contributed by atoms with E-state index in [1.807, 2.05) is 56.4 Å². The maximum absolute atomic E-state index is 11.9. The number of nitrogens with zero attached hydrogens (tertiary/aromatic N) is 3. The van der Waals surface area contributed by atoms with E-state index in [1.54, 1.807) is 0 Å². The van der Waals surface area contributed by atoms with Crippen LogP contribution in [0.15, 0.2) is 41.9 Å². The van der Waals surface area contributed by atoms with E-state index >= 15 is 0 Å². The fraction of sp³-hybridized carbons (Fsp3) is 0.500. The Hall–Kier alpha value is -1.61. The molecule has 0 atom stereocenters. The molecule has 0 fully saturated rings. The summed E-state index contributed by atoms with van der Waals surface area (Å²) >= 11 is 0. The third-order valence-electron chi connectivity index (χ3n) is 3.68. The Balaban J connectivity index is 0.00000676. The lowest BCUT2D eigenvalue weighted by molar-refractivity contribution is -0.116. The molecule has 0 aliphatic heterocycles. The number of carbonyl (C=O) groups excluding carboxylic acids is 1. The number of guanidine groups is 1. The molecule has 0 aliphatic carbocycles. The van der Waals surface area contributed by atoms with E-state index in [2.05, 4.69) is 29.0 Å². The quantitative estimate of drug-likeness (QED) is 0.175. The molecule has 7 heteroatoms. The third kappa shape index (κ3) is 11.0. The SMILES string of the molecule is C=CCCCN(C)C(=NCc1cccc(NC(=O)CN(C)C)c1)NCC.I. The summed E-state index contributed by atoms with van der Waals surface area (Å²) in [5, 5.41) is 6.24. The zero-order valence-corrected chi connectivity index (χ0v) is 19.3. The van der Waals surface area contributed by atoms with Gasteiger partial charge in [0.25, 0.3) is 0 Å². The van der Waals surface area contributed by atoms with Crippen LogP contribution in [0.4, 0.5) is 5.69 Å². The predicted octanol–water partition coefficient (Wildman–Crippen LogP) is 3.17. The largest absolute Gasteiger partial charge is 0.357 e. The Kier molecular flexibility index (Phi) is 13.6. The number of allylic oxidation sites excluding steroid dienone is 1. The minimum atomic E-state index is -0.0223. The lowest BCUT2D eigenvalue weighted by Gasteiger charge is -2.21. The number of unbranched alkanes of at least 4 members (excludes halogenated alkanes) is 1. The fourth-order valence-corrected chi connectivity index (χ4v) is 2.45. The first kappa shape index (κ1) is 25.4. The van der Waals surface area contributed by atoms with Crippen LogP contribution >= 0.6 is 24.0 Å². The lowest BCUT2D eigenvalue weighted by Crippen LogP contribution is -2.39. The highest BCUT2D eigenvalue weighted by Gasteiger charge is 2.06. The molecular formula is C20H34IN5O. The minimum Gasteiger partial charge on any atom is -0.357 e. The summed E-state index contributed by atoms with van der Waals surface area (Å²) in [5.74, 6) is 0.865. The summed E-state index contributed by atoms with van der Waals surface area (Å²) in [6.45, 7) is 8.50. The average molecular weight is 487 g/mol. The van der Waals surface area contributed by atoms with Gasteiger partial charge in [0.05, 0.1) is 13.1 Å². The zero-order valence-electron chi connectivity index (χ0n) is 17.0. The summed E-state index contributed by atoms with van der Waals surface area (Å²) in [6, 6.07) is 7.83. The molecule has 1 rings (SSSR count). The van der Waals surface area contributed by atoms with Crippen molar-refractivity contribution in [1.82, 2.24) is 15.1 Å². The van der Waals surface area contributed by atoms with E-state index in [0.29, 0.717) is 13.1 Å². The standard InChI is InChI=1S/C20H33N5O.HI/c1-6-8-9-13-25(5)20(21-7-2)22-15-17-11-10-12-18(14-17)23-19(26)16-24(3)4;/h6,10-12,14H,1,7-9,13,15-16H2,2-5H3,(H,21,22)(H,23,26);1H. The lowest BCUT2D eigenvalue weighted by atomic mass is 10.2. The third-order valence-corrected chi connectivity index (χ3v) is 3.68. The van der Waals surface area contributed by atoms with E-state index in [9.17, 15) is 4.79 Å². The minimum absolute atomic E-state index is 0. The van der Waals surface area contributed by atoms with Crippen molar-refractivity contribution in [2.45, 2.75) is 26.3 Å². The van der Waals surface area contributed by atoms with Crippen LogP contribution in [0.3, 0.4) is 0 Å². The highest BCUT2D eigenvalue weighted by molar-refractivity contribution is 14.0. The number of amides is 1. The van der Waals surface area contributed by atoms with Gasteiger partial charge in [0.2, 0.25) is 5.91 Å². The number of aliphatic imine (C=N–C) groups is 1. The number of carbonyl (C=O) groups is 1. The second-order valence-corrected chi connectivity index (χ2v) is 6.51. The van der Waals surface area contributed by atoms with Gasteiger partial charge in [-0.2, -0.15) is 0 Å². The van der Waals surface area contributed by atoms with Crippen molar-refractivity contribution in [3.05, 3.63) is 42.5 Å². The summed E-state index contributed by atoms with van der Waals surface area (Å²) in [7, 11) is 5.79. The molecule has 2 N–H and O–H groups in total. The van der Waals surface area contributed by atoms with Crippen molar-refractivity contribution >= 4 is 41.5 Å². The molecule has 152 valence electrons. The Morgan fingerprint density at radius 2 is 2.04 bits per heavy atom. The molecule has 1 aromatic rings. The summed E-state index contributed by atoms with van der Waals surface area (Å²) < 4.78 is 0. The van der Waals surface area contributed by atoms with Gasteiger partial charge in [0, 0.05) is 25.8 Å². The Morgan fingerprint density at radius 1 is 1.30 bits per heavy atom. The van der Waals surface area contributed by atoms with Crippen molar-refractivity contribution in [1.29, 1.82) is 0 Å². The summed E-state index contributed by atoms with van der Waals surface area (Å²) in [4.78, 5) is 20.6. The molecular weight excluding hydrogens is 453 g/mol. The maximum Gasteiger partial charge on any atom is 0.238 e. The van der Waals surface area contributed by atoms with Crippen LogP contribution in [-0.2, 0) is 11.3 Å². The van der Waals surface area contributed by atoms with Crippen molar-refractivity contribution in [3.63, 3.8) is 0 Å². The number of likely N-dealkylation sites (N-methyl/N-ethyl adjacent to an activating group) is 1.